The van der Waals surface area contributed by atoms with Gasteiger partial charge >= 0.3 is 0 Å². The number of unbranched alkanes of at least 4 members (excludes halogenated alkanes) is 1. The Hall–Kier alpha value is -1.06. The van der Waals surface area contributed by atoms with Crippen molar-refractivity contribution in [2.24, 2.45) is 5.73 Å². The van der Waals surface area contributed by atoms with Crippen LogP contribution < -0.4 is 11.1 Å². The Morgan fingerprint density at radius 2 is 2.31 bits per heavy atom. The first-order valence-electron chi connectivity index (χ1n) is 5.45. The Bertz CT molecular complexity index is 355. The summed E-state index contributed by atoms with van der Waals surface area (Å²) in [5.74, 6) is -0.157. The van der Waals surface area contributed by atoms with Crippen molar-refractivity contribution in [2.45, 2.75) is 32.2 Å². The molecule has 3 nitrogen and oxygen atoms in total. The van der Waals surface area contributed by atoms with Crippen LogP contribution in [0.5, 0.6) is 0 Å². The number of carbonyl (C=O) groups is 1. The maximum absolute atomic E-state index is 11.7. The van der Waals surface area contributed by atoms with E-state index in [1.54, 1.807) is 24.3 Å². The summed E-state index contributed by atoms with van der Waals surface area (Å²) in [6.07, 6.45) is 2.71. The second-order valence-electron chi connectivity index (χ2n) is 3.75. The number of rotatable bonds is 5. The molecule has 0 bridgehead atoms. The smallest absolute Gasteiger partial charge is 0.241 e. The first-order chi connectivity index (χ1) is 7.63. The molecule has 0 radical (unpaired) electrons. The highest BCUT2D eigenvalue weighted by atomic mass is 35.5. The van der Waals surface area contributed by atoms with E-state index in [4.69, 9.17) is 17.3 Å². The van der Waals surface area contributed by atoms with Gasteiger partial charge in [0.15, 0.2) is 0 Å². The highest BCUT2D eigenvalue weighted by Gasteiger charge is 2.12. The maximum Gasteiger partial charge on any atom is 0.241 e. The summed E-state index contributed by atoms with van der Waals surface area (Å²) >= 11 is 5.81. The van der Waals surface area contributed by atoms with Crippen molar-refractivity contribution in [3.8, 4) is 0 Å². The minimum Gasteiger partial charge on any atom is -0.325 e. The average Bonchev–Trinajstić information content (AvgIpc) is 2.25. The number of nitrogens with two attached hydrogens (primary N) is 1. The van der Waals surface area contributed by atoms with Crippen molar-refractivity contribution < 1.29 is 4.79 Å². The van der Waals surface area contributed by atoms with Gasteiger partial charge in [-0.05, 0) is 24.6 Å². The van der Waals surface area contributed by atoms with E-state index < -0.39 is 6.04 Å². The highest BCUT2D eigenvalue weighted by Crippen LogP contribution is 2.15. The van der Waals surface area contributed by atoms with Gasteiger partial charge in [-0.15, -0.1) is 0 Å². The third-order valence-corrected chi connectivity index (χ3v) is 2.53. The van der Waals surface area contributed by atoms with Gasteiger partial charge in [-0.3, -0.25) is 4.79 Å². The topological polar surface area (TPSA) is 55.1 Å². The lowest BCUT2D eigenvalue weighted by Gasteiger charge is -2.11. The van der Waals surface area contributed by atoms with E-state index in [0.717, 1.165) is 12.8 Å². The monoisotopic (exact) mass is 240 g/mol. The SMILES string of the molecule is CCCC[C@H](N)C(=O)Nc1cccc(Cl)c1. The van der Waals surface area contributed by atoms with E-state index >= 15 is 0 Å². The van der Waals surface area contributed by atoms with Crippen LogP contribution in [0.3, 0.4) is 0 Å². The lowest BCUT2D eigenvalue weighted by atomic mass is 10.1. The van der Waals surface area contributed by atoms with Crippen molar-refractivity contribution in [1.29, 1.82) is 0 Å². The summed E-state index contributed by atoms with van der Waals surface area (Å²) in [7, 11) is 0. The molecular weight excluding hydrogens is 224 g/mol. The van der Waals surface area contributed by atoms with Crippen LogP contribution in [0.25, 0.3) is 0 Å². The molecule has 0 heterocycles. The molecule has 0 saturated heterocycles. The molecule has 1 rings (SSSR count). The van der Waals surface area contributed by atoms with Crippen molar-refractivity contribution in [3.63, 3.8) is 0 Å². The Labute approximate surface area is 101 Å². The third kappa shape index (κ3) is 4.21. The molecule has 1 aromatic carbocycles. The second-order valence-corrected chi connectivity index (χ2v) is 4.18. The predicted molar refractivity (Wildman–Crippen MR) is 67.6 cm³/mol. The number of hydrogen-bond donors (Lipinski definition) is 2. The number of benzene rings is 1. The molecular formula is C12H17ClN2O. The van der Waals surface area contributed by atoms with Crippen LogP contribution in [0.4, 0.5) is 5.69 Å². The molecule has 3 N–H and O–H groups in total. The predicted octanol–water partition coefficient (Wildman–Crippen LogP) is 2.80. The number of carbonyl (C=O) groups excluding carboxylic acids is 1. The van der Waals surface area contributed by atoms with Crippen LogP contribution in [-0.2, 0) is 4.79 Å². The Morgan fingerprint density at radius 3 is 2.94 bits per heavy atom. The van der Waals surface area contributed by atoms with Gasteiger partial charge in [0.05, 0.1) is 6.04 Å². The zero-order chi connectivity index (χ0) is 12.0. The first kappa shape index (κ1) is 13.0. The van der Waals surface area contributed by atoms with Gasteiger partial charge < -0.3 is 11.1 Å². The van der Waals surface area contributed by atoms with Crippen LogP contribution in [0, 0.1) is 0 Å². The third-order valence-electron chi connectivity index (χ3n) is 2.30. The molecule has 0 spiro atoms. The largest absolute Gasteiger partial charge is 0.325 e. The highest BCUT2D eigenvalue weighted by molar-refractivity contribution is 6.30. The van der Waals surface area contributed by atoms with E-state index in [9.17, 15) is 4.79 Å². The Balaban J connectivity index is 2.50. The first-order valence-corrected chi connectivity index (χ1v) is 5.83. The van der Waals surface area contributed by atoms with Gasteiger partial charge in [-0.1, -0.05) is 37.4 Å². The van der Waals surface area contributed by atoms with Crippen LogP contribution in [0.2, 0.25) is 5.02 Å². The molecule has 0 aromatic heterocycles. The van der Waals surface area contributed by atoms with Crippen LogP contribution in [-0.4, -0.2) is 11.9 Å². The van der Waals surface area contributed by atoms with Gasteiger partial charge in [0.25, 0.3) is 0 Å². The van der Waals surface area contributed by atoms with E-state index in [1.165, 1.54) is 0 Å². The molecule has 0 aliphatic rings. The Kier molecular flexibility index (Phi) is 5.29. The van der Waals surface area contributed by atoms with Crippen LogP contribution >= 0.6 is 11.6 Å². The summed E-state index contributed by atoms with van der Waals surface area (Å²) in [5, 5.41) is 3.34. The van der Waals surface area contributed by atoms with Crippen molar-refractivity contribution in [2.75, 3.05) is 5.32 Å². The molecule has 0 unspecified atom stereocenters. The van der Waals surface area contributed by atoms with Crippen LogP contribution in [0.1, 0.15) is 26.2 Å². The van der Waals surface area contributed by atoms with Gasteiger partial charge in [0, 0.05) is 10.7 Å². The fourth-order valence-electron chi connectivity index (χ4n) is 1.36. The molecule has 16 heavy (non-hydrogen) atoms. The number of amides is 1. The van der Waals surface area contributed by atoms with E-state index in [1.807, 2.05) is 0 Å². The number of halogens is 1. The zero-order valence-electron chi connectivity index (χ0n) is 9.37. The standard InChI is InChI=1S/C12H17ClN2O/c1-2-3-7-11(14)12(16)15-10-6-4-5-9(13)8-10/h4-6,8,11H,2-3,7,14H2,1H3,(H,15,16)/t11-/m0/s1. The van der Waals surface area contributed by atoms with Gasteiger partial charge in [-0.25, -0.2) is 0 Å². The fourth-order valence-corrected chi connectivity index (χ4v) is 1.55. The average molecular weight is 241 g/mol. The minimum atomic E-state index is -0.445. The maximum atomic E-state index is 11.7. The number of nitrogens with one attached hydrogen (secondary N) is 1. The van der Waals surface area contributed by atoms with Crippen molar-refractivity contribution >= 4 is 23.2 Å². The van der Waals surface area contributed by atoms with Gasteiger partial charge in [0.1, 0.15) is 0 Å². The summed E-state index contributed by atoms with van der Waals surface area (Å²) in [6.45, 7) is 2.07. The zero-order valence-corrected chi connectivity index (χ0v) is 10.1. The molecule has 1 atom stereocenters. The summed E-state index contributed by atoms with van der Waals surface area (Å²) in [6, 6.07) is 6.59. The molecule has 1 amide bonds. The molecule has 0 aliphatic heterocycles. The number of anilines is 1. The van der Waals surface area contributed by atoms with Crippen molar-refractivity contribution in [1.82, 2.24) is 0 Å². The molecule has 88 valence electrons. The molecule has 1 aromatic rings. The normalized spacial score (nSPS) is 12.2. The lowest BCUT2D eigenvalue weighted by Crippen LogP contribution is -2.35. The van der Waals surface area contributed by atoms with E-state index in [2.05, 4.69) is 12.2 Å². The summed E-state index contributed by atoms with van der Waals surface area (Å²) in [4.78, 5) is 11.7. The second kappa shape index (κ2) is 6.51. The van der Waals surface area contributed by atoms with Crippen molar-refractivity contribution in [3.05, 3.63) is 29.3 Å². The number of hydrogen-bond acceptors (Lipinski definition) is 2. The molecule has 0 aliphatic carbocycles. The van der Waals surface area contributed by atoms with E-state index in [-0.39, 0.29) is 5.91 Å². The van der Waals surface area contributed by atoms with E-state index in [0.29, 0.717) is 17.1 Å². The molecule has 0 fully saturated rings. The molecule has 0 saturated carbocycles. The fraction of sp³-hybridized carbons (Fsp3) is 0.417. The summed E-state index contributed by atoms with van der Waals surface area (Å²) in [5.41, 5.74) is 6.43. The lowest BCUT2D eigenvalue weighted by molar-refractivity contribution is -0.117. The quantitative estimate of drug-likeness (QED) is 0.832. The van der Waals surface area contributed by atoms with Crippen LogP contribution in [0.15, 0.2) is 24.3 Å². The minimum absolute atomic E-state index is 0.157. The van der Waals surface area contributed by atoms with Gasteiger partial charge in [0.2, 0.25) is 5.91 Å². The Morgan fingerprint density at radius 1 is 1.56 bits per heavy atom. The summed E-state index contributed by atoms with van der Waals surface area (Å²) < 4.78 is 0. The van der Waals surface area contributed by atoms with Gasteiger partial charge in [-0.2, -0.15) is 0 Å². The molecule has 4 heteroatoms.